The largest absolute Gasteiger partial charge is 0.325 e. The van der Waals surface area contributed by atoms with Crippen molar-refractivity contribution < 1.29 is 9.59 Å². The zero-order valence-electron chi connectivity index (χ0n) is 19.3. The molecule has 3 rings (SSSR count). The van der Waals surface area contributed by atoms with E-state index in [9.17, 15) is 14.4 Å². The maximum absolute atomic E-state index is 12.7. The molecule has 0 fully saturated rings. The number of nitrogens with one attached hydrogen (secondary N) is 3. The van der Waals surface area contributed by atoms with Crippen LogP contribution >= 0.6 is 11.8 Å². The molecule has 0 aliphatic rings. The Hall–Kier alpha value is -3.46. The lowest BCUT2D eigenvalue weighted by Gasteiger charge is -2.16. The summed E-state index contributed by atoms with van der Waals surface area (Å²) >= 11 is 1.11. The minimum atomic E-state index is -0.517. The molecule has 0 saturated carbocycles. The number of benzene rings is 2. The van der Waals surface area contributed by atoms with E-state index in [1.807, 2.05) is 32.9 Å². The van der Waals surface area contributed by atoms with Gasteiger partial charge in [-0.25, -0.2) is 0 Å². The number of H-pyrrole nitrogens is 1. The van der Waals surface area contributed by atoms with Crippen LogP contribution in [0.25, 0.3) is 11.3 Å². The first-order valence-electron chi connectivity index (χ1n) is 10.6. The predicted molar refractivity (Wildman–Crippen MR) is 132 cm³/mol. The first-order valence-corrected chi connectivity index (χ1v) is 11.5. The SMILES string of the molecule is CCC(=O)Nc1ccccc1-c1nnc(S[C@H](C)C(=O)Nc2c(C)cc(C)cc2C)[nH]c1=O. The van der Waals surface area contributed by atoms with Gasteiger partial charge in [-0.1, -0.05) is 54.6 Å². The second-order valence-electron chi connectivity index (χ2n) is 7.78. The smallest absolute Gasteiger partial charge is 0.278 e. The molecule has 172 valence electrons. The molecule has 33 heavy (non-hydrogen) atoms. The summed E-state index contributed by atoms with van der Waals surface area (Å²) in [5.41, 5.74) is 4.50. The molecule has 1 atom stereocenters. The highest BCUT2D eigenvalue weighted by Gasteiger charge is 2.19. The van der Waals surface area contributed by atoms with Gasteiger partial charge in [-0.05, 0) is 44.9 Å². The van der Waals surface area contributed by atoms with Gasteiger partial charge < -0.3 is 10.6 Å². The molecule has 1 heterocycles. The Kier molecular flexibility index (Phi) is 7.65. The summed E-state index contributed by atoms with van der Waals surface area (Å²) in [6.45, 7) is 9.41. The summed E-state index contributed by atoms with van der Waals surface area (Å²) in [5, 5.41) is 13.6. The summed E-state index contributed by atoms with van der Waals surface area (Å²) in [5.74, 6) is -0.368. The van der Waals surface area contributed by atoms with E-state index >= 15 is 0 Å². The summed E-state index contributed by atoms with van der Waals surface area (Å²) in [4.78, 5) is 40.0. The van der Waals surface area contributed by atoms with Crippen LogP contribution in [0.4, 0.5) is 11.4 Å². The van der Waals surface area contributed by atoms with Crippen LogP contribution in [0.3, 0.4) is 0 Å². The predicted octanol–water partition coefficient (Wildman–Crippen LogP) is 4.22. The number of aromatic nitrogens is 3. The van der Waals surface area contributed by atoms with Gasteiger partial charge in [0.15, 0.2) is 10.9 Å². The average Bonchev–Trinajstić information content (AvgIpc) is 2.76. The Balaban J connectivity index is 1.77. The zero-order chi connectivity index (χ0) is 24.1. The van der Waals surface area contributed by atoms with Gasteiger partial charge in [-0.2, -0.15) is 0 Å². The van der Waals surface area contributed by atoms with Gasteiger partial charge in [0.25, 0.3) is 5.56 Å². The fourth-order valence-electron chi connectivity index (χ4n) is 3.41. The molecule has 1 aromatic heterocycles. The number of carbonyl (C=O) groups is 2. The molecule has 0 bridgehead atoms. The lowest BCUT2D eigenvalue weighted by Crippen LogP contribution is -2.24. The Bertz CT molecular complexity index is 1230. The number of amides is 2. The average molecular weight is 466 g/mol. The molecule has 9 heteroatoms. The molecule has 0 saturated heterocycles. The fourth-order valence-corrected chi connectivity index (χ4v) is 4.15. The van der Waals surface area contributed by atoms with Crippen molar-refractivity contribution >= 4 is 35.0 Å². The van der Waals surface area contributed by atoms with Crippen molar-refractivity contribution in [2.24, 2.45) is 0 Å². The summed E-state index contributed by atoms with van der Waals surface area (Å²) < 4.78 is 0. The third kappa shape index (κ3) is 5.87. The van der Waals surface area contributed by atoms with Crippen LogP contribution in [0.1, 0.15) is 37.0 Å². The van der Waals surface area contributed by atoms with Crippen molar-refractivity contribution in [3.05, 3.63) is 63.4 Å². The Labute approximate surface area is 196 Å². The van der Waals surface area contributed by atoms with Crippen LogP contribution < -0.4 is 16.2 Å². The van der Waals surface area contributed by atoms with Crippen LogP contribution in [0.5, 0.6) is 0 Å². The number of thioether (sulfide) groups is 1. The van der Waals surface area contributed by atoms with E-state index in [1.54, 1.807) is 38.1 Å². The van der Waals surface area contributed by atoms with Crippen LogP contribution in [0.2, 0.25) is 0 Å². The van der Waals surface area contributed by atoms with Gasteiger partial charge in [0, 0.05) is 17.7 Å². The Morgan fingerprint density at radius 3 is 2.36 bits per heavy atom. The monoisotopic (exact) mass is 465 g/mol. The topological polar surface area (TPSA) is 117 Å². The van der Waals surface area contributed by atoms with Gasteiger partial charge in [0.1, 0.15) is 0 Å². The number of nitrogens with zero attached hydrogens (tertiary/aromatic N) is 2. The van der Waals surface area contributed by atoms with Gasteiger partial charge in [0.2, 0.25) is 11.8 Å². The van der Waals surface area contributed by atoms with Crippen molar-refractivity contribution in [3.63, 3.8) is 0 Å². The summed E-state index contributed by atoms with van der Waals surface area (Å²) in [7, 11) is 0. The molecule has 3 aromatic rings. The lowest BCUT2D eigenvalue weighted by atomic mass is 10.1. The number of para-hydroxylation sites is 1. The summed E-state index contributed by atoms with van der Waals surface area (Å²) in [6.07, 6.45) is 0.313. The number of aryl methyl sites for hydroxylation is 3. The van der Waals surface area contributed by atoms with Gasteiger partial charge in [-0.15, -0.1) is 10.2 Å². The molecule has 2 aromatic carbocycles. The van der Waals surface area contributed by atoms with Crippen molar-refractivity contribution in [1.29, 1.82) is 0 Å². The van der Waals surface area contributed by atoms with E-state index in [-0.39, 0.29) is 22.7 Å². The van der Waals surface area contributed by atoms with Crippen LogP contribution in [-0.2, 0) is 9.59 Å². The second-order valence-corrected chi connectivity index (χ2v) is 9.11. The minimum Gasteiger partial charge on any atom is -0.325 e. The lowest BCUT2D eigenvalue weighted by molar-refractivity contribution is -0.116. The molecular weight excluding hydrogens is 438 g/mol. The third-order valence-corrected chi connectivity index (χ3v) is 6.01. The molecule has 0 radical (unpaired) electrons. The fraction of sp³-hybridized carbons (Fsp3) is 0.292. The van der Waals surface area contributed by atoms with Gasteiger partial charge in [0.05, 0.1) is 10.9 Å². The maximum atomic E-state index is 12.7. The van der Waals surface area contributed by atoms with E-state index in [4.69, 9.17) is 0 Å². The van der Waals surface area contributed by atoms with Crippen molar-refractivity contribution in [3.8, 4) is 11.3 Å². The first-order chi connectivity index (χ1) is 15.7. The van der Waals surface area contributed by atoms with Crippen molar-refractivity contribution in [2.45, 2.75) is 51.4 Å². The number of aromatic amines is 1. The van der Waals surface area contributed by atoms with E-state index < -0.39 is 10.8 Å². The molecule has 2 amide bonds. The molecule has 0 aliphatic heterocycles. The van der Waals surface area contributed by atoms with E-state index in [1.165, 1.54) is 0 Å². The highest BCUT2D eigenvalue weighted by Crippen LogP contribution is 2.26. The second kappa shape index (κ2) is 10.4. The standard InChI is InChI=1S/C24H27N5O3S/c1-6-19(30)25-18-10-8-7-9-17(18)21-23(32)27-24(29-28-21)33-16(5)22(31)26-20-14(3)11-13(2)12-15(20)4/h7-12,16H,6H2,1-5H3,(H,25,30)(H,26,31)(H,27,29,32)/t16-/m1/s1. The number of hydrogen-bond acceptors (Lipinski definition) is 6. The van der Waals surface area contributed by atoms with E-state index in [0.29, 0.717) is 17.7 Å². The number of rotatable bonds is 7. The third-order valence-electron chi connectivity index (χ3n) is 5.04. The van der Waals surface area contributed by atoms with E-state index in [2.05, 4.69) is 25.8 Å². The first kappa shape index (κ1) is 24.2. The normalized spacial score (nSPS) is 11.7. The zero-order valence-corrected chi connectivity index (χ0v) is 20.1. The highest BCUT2D eigenvalue weighted by molar-refractivity contribution is 8.00. The quantitative estimate of drug-likeness (QED) is 0.450. The number of anilines is 2. The van der Waals surface area contributed by atoms with Crippen LogP contribution in [-0.4, -0.2) is 32.2 Å². The molecular formula is C24H27N5O3S. The minimum absolute atomic E-state index is 0.0920. The van der Waals surface area contributed by atoms with Crippen LogP contribution in [0.15, 0.2) is 46.3 Å². The van der Waals surface area contributed by atoms with Gasteiger partial charge in [-0.3, -0.25) is 19.4 Å². The molecule has 0 spiro atoms. The molecule has 0 unspecified atom stereocenters. The molecule has 0 aliphatic carbocycles. The Morgan fingerprint density at radius 2 is 1.73 bits per heavy atom. The van der Waals surface area contributed by atoms with Crippen molar-refractivity contribution in [1.82, 2.24) is 15.2 Å². The number of carbonyl (C=O) groups excluding carboxylic acids is 2. The van der Waals surface area contributed by atoms with Gasteiger partial charge >= 0.3 is 0 Å². The maximum Gasteiger partial charge on any atom is 0.278 e. The molecule has 8 nitrogen and oxygen atoms in total. The Morgan fingerprint density at radius 1 is 1.06 bits per heavy atom. The highest BCUT2D eigenvalue weighted by atomic mass is 32.2. The summed E-state index contributed by atoms with van der Waals surface area (Å²) in [6, 6.07) is 10.9. The van der Waals surface area contributed by atoms with Crippen molar-refractivity contribution in [2.75, 3.05) is 10.6 Å². The molecule has 3 N–H and O–H groups in total. The number of hydrogen-bond donors (Lipinski definition) is 3. The van der Waals surface area contributed by atoms with E-state index in [0.717, 1.165) is 34.1 Å². The van der Waals surface area contributed by atoms with Crippen LogP contribution in [0, 0.1) is 20.8 Å².